The lowest BCUT2D eigenvalue weighted by molar-refractivity contribution is 0.0828. The minimum Gasteiger partial charge on any atom is -0.496 e. The molecule has 0 spiro atoms. The topological polar surface area (TPSA) is 124 Å². The van der Waals surface area contributed by atoms with Gasteiger partial charge >= 0.3 is 6.03 Å². The van der Waals surface area contributed by atoms with Crippen molar-refractivity contribution in [1.82, 2.24) is 25.0 Å². The third-order valence-corrected chi connectivity index (χ3v) is 7.08. The molecule has 1 atom stereocenters. The Labute approximate surface area is 226 Å². The maximum absolute atomic E-state index is 13.2. The van der Waals surface area contributed by atoms with E-state index in [2.05, 4.69) is 20.5 Å². The number of pyridine rings is 1. The normalized spacial score (nSPS) is 15.3. The summed E-state index contributed by atoms with van der Waals surface area (Å²) >= 11 is 0. The SMILES string of the molecule is COc1ccccc1-c1[nH]nc2ncc(-c3ccc(NC(=O)N4CCCC(CO)C4)c(C(=O)N(C)C)c3)cc12. The molecule has 10 heteroatoms. The first-order chi connectivity index (χ1) is 18.9. The molecule has 3 heterocycles. The van der Waals surface area contributed by atoms with Gasteiger partial charge in [-0.15, -0.1) is 0 Å². The summed E-state index contributed by atoms with van der Waals surface area (Å²) in [6.45, 7) is 1.15. The van der Waals surface area contributed by atoms with Crippen LogP contribution in [0.15, 0.2) is 54.7 Å². The Balaban J connectivity index is 1.50. The second-order valence-corrected chi connectivity index (χ2v) is 9.92. The standard InChI is InChI=1S/C29H32N6O4/c1-34(2)28(37)22-13-19(10-11-24(22)31-29(38)35-12-6-7-18(16-35)17-36)20-14-23-26(32-33-27(23)30-15-20)21-8-4-5-9-25(21)39-3/h4-5,8-11,13-15,18,36H,6-7,12,16-17H2,1-3H3,(H,31,38)(H,30,32,33). The van der Waals surface area contributed by atoms with Crippen molar-refractivity contribution in [3.8, 4) is 28.1 Å². The van der Waals surface area contributed by atoms with E-state index in [9.17, 15) is 14.7 Å². The number of para-hydroxylation sites is 1. The van der Waals surface area contributed by atoms with Gasteiger partial charge in [0.2, 0.25) is 0 Å². The number of amides is 3. The first kappa shape index (κ1) is 26.2. The minimum absolute atomic E-state index is 0.0522. The van der Waals surface area contributed by atoms with Gasteiger partial charge in [-0.2, -0.15) is 5.10 Å². The van der Waals surface area contributed by atoms with Crippen LogP contribution >= 0.6 is 0 Å². The maximum Gasteiger partial charge on any atom is 0.321 e. The van der Waals surface area contributed by atoms with Gasteiger partial charge in [-0.25, -0.2) is 9.78 Å². The number of fused-ring (bicyclic) bond motifs is 1. The molecule has 5 rings (SSSR count). The number of methoxy groups -OCH3 is 1. The molecular weight excluding hydrogens is 496 g/mol. The number of benzene rings is 2. The molecule has 3 N–H and O–H groups in total. The number of H-pyrrole nitrogens is 1. The van der Waals surface area contributed by atoms with E-state index in [4.69, 9.17) is 4.74 Å². The number of aliphatic hydroxyl groups is 1. The van der Waals surface area contributed by atoms with Crippen LogP contribution in [0.25, 0.3) is 33.4 Å². The lowest BCUT2D eigenvalue weighted by Gasteiger charge is -2.32. The summed E-state index contributed by atoms with van der Waals surface area (Å²) in [6.07, 6.45) is 3.45. The Morgan fingerprint density at radius 2 is 2.00 bits per heavy atom. The van der Waals surface area contributed by atoms with Crippen molar-refractivity contribution in [1.29, 1.82) is 0 Å². The largest absolute Gasteiger partial charge is 0.496 e. The number of nitrogens with one attached hydrogen (secondary N) is 2. The molecule has 1 saturated heterocycles. The van der Waals surface area contributed by atoms with Crippen LogP contribution in [0.2, 0.25) is 0 Å². The van der Waals surface area contributed by atoms with Crippen molar-refractivity contribution >= 4 is 28.7 Å². The fourth-order valence-corrected chi connectivity index (χ4v) is 4.96. The average Bonchev–Trinajstić information content (AvgIpc) is 3.40. The molecule has 1 aliphatic heterocycles. The first-order valence-electron chi connectivity index (χ1n) is 12.9. The molecule has 0 bridgehead atoms. The zero-order valence-electron chi connectivity index (χ0n) is 22.3. The van der Waals surface area contributed by atoms with E-state index in [0.717, 1.165) is 40.6 Å². The van der Waals surface area contributed by atoms with Crippen LogP contribution in [0.3, 0.4) is 0 Å². The van der Waals surface area contributed by atoms with Gasteiger partial charge in [0.05, 0.1) is 24.1 Å². The first-order valence-corrected chi connectivity index (χ1v) is 12.9. The number of likely N-dealkylation sites (tertiary alicyclic amines) is 1. The highest BCUT2D eigenvalue weighted by molar-refractivity contribution is 6.04. The number of anilines is 1. The van der Waals surface area contributed by atoms with Gasteiger partial charge in [-0.3, -0.25) is 9.89 Å². The monoisotopic (exact) mass is 528 g/mol. The summed E-state index contributed by atoms with van der Waals surface area (Å²) in [6, 6.07) is 14.8. The van der Waals surface area contributed by atoms with E-state index in [1.165, 1.54) is 4.90 Å². The molecule has 1 fully saturated rings. The predicted octanol–water partition coefficient (Wildman–Crippen LogP) is 4.24. The van der Waals surface area contributed by atoms with Gasteiger partial charge in [-0.05, 0) is 54.7 Å². The zero-order chi connectivity index (χ0) is 27.5. The second-order valence-electron chi connectivity index (χ2n) is 9.92. The number of nitrogens with zero attached hydrogens (tertiary/aromatic N) is 4. The van der Waals surface area contributed by atoms with E-state index in [1.807, 2.05) is 36.4 Å². The molecule has 2 aromatic carbocycles. The Morgan fingerprint density at radius 1 is 1.18 bits per heavy atom. The number of hydrogen-bond acceptors (Lipinski definition) is 6. The number of carbonyl (C=O) groups excluding carboxylic acids is 2. The van der Waals surface area contributed by atoms with Crippen LogP contribution in [0.1, 0.15) is 23.2 Å². The summed E-state index contributed by atoms with van der Waals surface area (Å²) in [5.74, 6) is 0.554. The zero-order valence-corrected chi connectivity index (χ0v) is 22.3. The molecule has 1 aliphatic rings. The number of carbonyl (C=O) groups is 2. The molecule has 202 valence electrons. The third-order valence-electron chi connectivity index (χ3n) is 7.08. The van der Waals surface area contributed by atoms with Crippen molar-refractivity contribution in [2.75, 3.05) is 46.2 Å². The number of aliphatic hydroxyl groups excluding tert-OH is 1. The Bertz CT molecular complexity index is 1510. The molecule has 39 heavy (non-hydrogen) atoms. The highest BCUT2D eigenvalue weighted by Crippen LogP contribution is 2.35. The van der Waals surface area contributed by atoms with Gasteiger partial charge < -0.3 is 25.0 Å². The molecule has 10 nitrogen and oxygen atoms in total. The Morgan fingerprint density at radius 3 is 2.77 bits per heavy atom. The number of aromatic amines is 1. The molecule has 4 aromatic rings. The highest BCUT2D eigenvalue weighted by atomic mass is 16.5. The maximum atomic E-state index is 13.2. The van der Waals surface area contributed by atoms with Crippen LogP contribution in [0.5, 0.6) is 5.75 Å². The van der Waals surface area contributed by atoms with E-state index >= 15 is 0 Å². The minimum atomic E-state index is -0.281. The van der Waals surface area contributed by atoms with E-state index < -0.39 is 0 Å². The van der Waals surface area contributed by atoms with Gasteiger partial charge in [-0.1, -0.05) is 18.2 Å². The summed E-state index contributed by atoms with van der Waals surface area (Å²) in [5.41, 5.74) is 4.60. The number of piperidine rings is 1. The highest BCUT2D eigenvalue weighted by Gasteiger charge is 2.25. The van der Waals surface area contributed by atoms with Crippen LogP contribution in [-0.4, -0.2) is 82.9 Å². The van der Waals surface area contributed by atoms with E-state index in [1.54, 1.807) is 44.4 Å². The number of hydrogen-bond donors (Lipinski definition) is 3. The van der Waals surface area contributed by atoms with Crippen LogP contribution < -0.4 is 10.1 Å². The molecule has 0 saturated carbocycles. The van der Waals surface area contributed by atoms with Crippen molar-refractivity contribution in [2.24, 2.45) is 5.92 Å². The van der Waals surface area contributed by atoms with Crippen molar-refractivity contribution in [2.45, 2.75) is 12.8 Å². The van der Waals surface area contributed by atoms with Gasteiger partial charge in [0.25, 0.3) is 5.91 Å². The predicted molar refractivity (Wildman–Crippen MR) is 150 cm³/mol. The number of rotatable bonds is 6. The fraction of sp³-hybridized carbons (Fsp3) is 0.310. The molecule has 1 unspecified atom stereocenters. The second kappa shape index (κ2) is 11.1. The van der Waals surface area contributed by atoms with Gasteiger partial charge in [0.15, 0.2) is 5.65 Å². The Kier molecular flexibility index (Phi) is 7.47. The van der Waals surface area contributed by atoms with E-state index in [0.29, 0.717) is 35.7 Å². The van der Waals surface area contributed by atoms with Crippen molar-refractivity contribution in [3.05, 3.63) is 60.3 Å². The summed E-state index contributed by atoms with van der Waals surface area (Å²) in [7, 11) is 4.98. The van der Waals surface area contributed by atoms with Crippen LogP contribution in [0.4, 0.5) is 10.5 Å². The van der Waals surface area contributed by atoms with Crippen LogP contribution in [0, 0.1) is 5.92 Å². The smallest absolute Gasteiger partial charge is 0.321 e. The quantitative estimate of drug-likeness (QED) is 0.344. The molecular formula is C29H32N6O4. The lowest BCUT2D eigenvalue weighted by Crippen LogP contribution is -2.43. The van der Waals surface area contributed by atoms with Crippen LogP contribution in [-0.2, 0) is 0 Å². The average molecular weight is 529 g/mol. The molecule has 2 aromatic heterocycles. The number of urea groups is 1. The summed E-state index contributed by atoms with van der Waals surface area (Å²) < 4.78 is 5.54. The molecule has 0 radical (unpaired) electrons. The molecule has 3 amide bonds. The summed E-state index contributed by atoms with van der Waals surface area (Å²) in [5, 5.41) is 20.7. The molecule has 0 aliphatic carbocycles. The third kappa shape index (κ3) is 5.28. The van der Waals surface area contributed by atoms with E-state index in [-0.39, 0.29) is 24.5 Å². The fourth-order valence-electron chi connectivity index (χ4n) is 4.96. The van der Waals surface area contributed by atoms with Crippen molar-refractivity contribution < 1.29 is 19.4 Å². The van der Waals surface area contributed by atoms with Crippen molar-refractivity contribution in [3.63, 3.8) is 0 Å². The summed E-state index contributed by atoms with van der Waals surface area (Å²) in [4.78, 5) is 33.9. The van der Waals surface area contributed by atoms with Gasteiger partial charge in [0.1, 0.15) is 5.75 Å². The number of aromatic nitrogens is 3. The number of ether oxygens (including phenoxy) is 1. The van der Waals surface area contributed by atoms with Gasteiger partial charge in [0, 0.05) is 56.5 Å². The Hall–Kier alpha value is -4.44. The lowest BCUT2D eigenvalue weighted by atomic mass is 9.99.